The summed E-state index contributed by atoms with van der Waals surface area (Å²) in [4.78, 5) is 22.4. The smallest absolute Gasteiger partial charge is 0.327 e. The summed E-state index contributed by atoms with van der Waals surface area (Å²) in [5, 5.41) is 11.3. The molecule has 0 bridgehead atoms. The molecule has 0 rings (SSSR count). The molecule has 5 heteroatoms. The van der Waals surface area contributed by atoms with Gasteiger partial charge in [-0.25, -0.2) is 4.79 Å². The summed E-state index contributed by atoms with van der Waals surface area (Å²) in [7, 11) is 0. The van der Waals surface area contributed by atoms with E-state index in [-0.39, 0.29) is 12.5 Å². The molecule has 0 saturated heterocycles. The van der Waals surface area contributed by atoms with Crippen LogP contribution in [-0.2, 0) is 9.59 Å². The zero-order valence-electron chi connectivity index (χ0n) is 16.7. The van der Waals surface area contributed by atoms with Crippen molar-refractivity contribution < 1.29 is 14.7 Å². The van der Waals surface area contributed by atoms with Gasteiger partial charge in [0.2, 0.25) is 5.91 Å². The second-order valence-electron chi connectivity index (χ2n) is 7.03. The molecule has 0 aliphatic carbocycles. The van der Waals surface area contributed by atoms with Crippen molar-refractivity contribution in [1.29, 1.82) is 0 Å². The van der Waals surface area contributed by atoms with Gasteiger partial charge < -0.3 is 16.2 Å². The summed E-state index contributed by atoms with van der Waals surface area (Å²) in [6.07, 6.45) is 20.8. The van der Waals surface area contributed by atoms with Crippen LogP contribution < -0.4 is 11.1 Å². The monoisotopic (exact) mass is 368 g/mol. The summed E-state index contributed by atoms with van der Waals surface area (Å²) in [6.45, 7) is 2.17. The molecule has 0 radical (unpaired) electrons. The van der Waals surface area contributed by atoms with E-state index in [2.05, 4.69) is 24.4 Å². The van der Waals surface area contributed by atoms with E-state index < -0.39 is 12.0 Å². The number of hydrogen-bond acceptors (Lipinski definition) is 3. The lowest BCUT2D eigenvalue weighted by molar-refractivity contribution is -0.141. The first-order valence-electron chi connectivity index (χ1n) is 10.5. The number of allylic oxidation sites excluding steroid dienone is 2. The van der Waals surface area contributed by atoms with Gasteiger partial charge >= 0.3 is 5.97 Å². The van der Waals surface area contributed by atoms with E-state index in [9.17, 15) is 9.59 Å². The molecule has 5 nitrogen and oxygen atoms in total. The number of carbonyl (C=O) groups excluding carboxylic acids is 1. The largest absolute Gasteiger partial charge is 0.480 e. The summed E-state index contributed by atoms with van der Waals surface area (Å²) in [5.41, 5.74) is 5.31. The fourth-order valence-electron chi connectivity index (χ4n) is 2.84. The Bertz CT molecular complexity index is 383. The van der Waals surface area contributed by atoms with Crippen LogP contribution in [0.5, 0.6) is 0 Å². The molecule has 0 aliphatic heterocycles. The van der Waals surface area contributed by atoms with Crippen LogP contribution >= 0.6 is 0 Å². The number of amides is 1. The first-order chi connectivity index (χ1) is 12.6. The minimum atomic E-state index is -1.08. The Kier molecular flexibility index (Phi) is 17.5. The number of carboxylic acids is 1. The molecule has 0 aliphatic rings. The predicted octanol–water partition coefficient (Wildman–Crippen LogP) is 4.55. The van der Waals surface area contributed by atoms with Gasteiger partial charge in [-0.05, 0) is 32.1 Å². The molecule has 1 amide bonds. The van der Waals surface area contributed by atoms with Crippen LogP contribution in [0.3, 0.4) is 0 Å². The van der Waals surface area contributed by atoms with E-state index in [1.807, 2.05) is 0 Å². The van der Waals surface area contributed by atoms with Crippen molar-refractivity contribution in [2.24, 2.45) is 5.73 Å². The fraction of sp³-hybridized carbons (Fsp3) is 0.810. The molecule has 0 unspecified atom stereocenters. The van der Waals surface area contributed by atoms with Crippen LogP contribution in [0.1, 0.15) is 96.8 Å². The maximum absolute atomic E-state index is 11.6. The van der Waals surface area contributed by atoms with E-state index in [0.29, 0.717) is 6.42 Å². The van der Waals surface area contributed by atoms with Crippen molar-refractivity contribution in [2.45, 2.75) is 103 Å². The molecule has 26 heavy (non-hydrogen) atoms. The van der Waals surface area contributed by atoms with Crippen LogP contribution in [0, 0.1) is 0 Å². The van der Waals surface area contributed by atoms with Gasteiger partial charge in [0.25, 0.3) is 0 Å². The molecule has 0 heterocycles. The first-order valence-corrected chi connectivity index (χ1v) is 10.5. The second kappa shape index (κ2) is 18.4. The van der Waals surface area contributed by atoms with Gasteiger partial charge in [0.15, 0.2) is 0 Å². The topological polar surface area (TPSA) is 92.4 Å². The highest BCUT2D eigenvalue weighted by Crippen LogP contribution is 2.10. The Balaban J connectivity index is 3.36. The van der Waals surface area contributed by atoms with Crippen LogP contribution in [0.2, 0.25) is 0 Å². The summed E-state index contributed by atoms with van der Waals surface area (Å²) >= 11 is 0. The van der Waals surface area contributed by atoms with Gasteiger partial charge in [0.1, 0.15) is 6.04 Å². The fourth-order valence-corrected chi connectivity index (χ4v) is 2.84. The molecule has 0 saturated carbocycles. The highest BCUT2D eigenvalue weighted by molar-refractivity contribution is 5.83. The Labute approximate surface area is 159 Å². The van der Waals surface area contributed by atoms with E-state index >= 15 is 0 Å². The van der Waals surface area contributed by atoms with E-state index in [1.165, 1.54) is 57.8 Å². The lowest BCUT2D eigenvalue weighted by atomic mass is 10.1. The summed E-state index contributed by atoms with van der Waals surface area (Å²) in [6, 6.07) is -0.967. The average Bonchev–Trinajstić information content (AvgIpc) is 2.62. The van der Waals surface area contributed by atoms with Gasteiger partial charge in [0, 0.05) is 13.0 Å². The van der Waals surface area contributed by atoms with Crippen LogP contribution in [0.4, 0.5) is 0 Å². The van der Waals surface area contributed by atoms with Gasteiger partial charge in [-0.1, -0.05) is 70.4 Å². The molecule has 0 spiro atoms. The number of carbonyl (C=O) groups is 2. The van der Waals surface area contributed by atoms with E-state index in [0.717, 1.165) is 25.7 Å². The minimum absolute atomic E-state index is 0.0759. The Morgan fingerprint density at radius 1 is 0.885 bits per heavy atom. The standard InChI is InChI=1S/C21H40N2O3/c1-2-3-4-5-6-7-8-9-10-11-12-13-14-15-16-17-20(24)23-19(18-22)21(25)26/h9-10,19H,2-8,11-18,22H2,1H3,(H,23,24)(H,25,26)/b10-9-/t19-/m0/s1. The Hall–Kier alpha value is -1.36. The maximum atomic E-state index is 11.6. The van der Waals surface area contributed by atoms with Gasteiger partial charge in [0.05, 0.1) is 0 Å². The number of rotatable bonds is 18. The van der Waals surface area contributed by atoms with Crippen molar-refractivity contribution in [2.75, 3.05) is 6.54 Å². The van der Waals surface area contributed by atoms with Crippen molar-refractivity contribution in [3.63, 3.8) is 0 Å². The number of unbranched alkanes of at least 4 members (excludes halogenated alkanes) is 11. The van der Waals surface area contributed by atoms with Crippen LogP contribution in [0.25, 0.3) is 0 Å². The molecule has 1 atom stereocenters. The number of aliphatic carboxylic acids is 1. The third-order valence-electron chi connectivity index (χ3n) is 4.53. The second-order valence-corrected chi connectivity index (χ2v) is 7.03. The lowest BCUT2D eigenvalue weighted by Crippen LogP contribution is -2.45. The zero-order chi connectivity index (χ0) is 19.5. The summed E-state index contributed by atoms with van der Waals surface area (Å²) in [5.74, 6) is -1.30. The number of nitrogens with two attached hydrogens (primary N) is 1. The molecule has 0 aromatic rings. The van der Waals surface area contributed by atoms with Crippen molar-refractivity contribution >= 4 is 11.9 Å². The molecule has 4 N–H and O–H groups in total. The highest BCUT2D eigenvalue weighted by atomic mass is 16.4. The van der Waals surface area contributed by atoms with E-state index in [1.54, 1.807) is 0 Å². The number of carboxylic acid groups (broad SMARTS) is 1. The zero-order valence-corrected chi connectivity index (χ0v) is 16.7. The Morgan fingerprint density at radius 2 is 1.38 bits per heavy atom. The van der Waals surface area contributed by atoms with Crippen LogP contribution in [-0.4, -0.2) is 29.6 Å². The first kappa shape index (κ1) is 24.6. The van der Waals surface area contributed by atoms with Crippen molar-refractivity contribution in [1.82, 2.24) is 5.32 Å². The molecule has 0 fully saturated rings. The highest BCUT2D eigenvalue weighted by Gasteiger charge is 2.17. The minimum Gasteiger partial charge on any atom is -0.480 e. The third kappa shape index (κ3) is 16.1. The lowest BCUT2D eigenvalue weighted by Gasteiger charge is -2.11. The quantitative estimate of drug-likeness (QED) is 0.244. The van der Waals surface area contributed by atoms with Crippen molar-refractivity contribution in [3.8, 4) is 0 Å². The molecule has 152 valence electrons. The molecular weight excluding hydrogens is 328 g/mol. The normalized spacial score (nSPS) is 12.4. The van der Waals surface area contributed by atoms with E-state index in [4.69, 9.17) is 10.8 Å². The van der Waals surface area contributed by atoms with Gasteiger partial charge in [-0.15, -0.1) is 0 Å². The molecule has 0 aromatic carbocycles. The van der Waals surface area contributed by atoms with Gasteiger partial charge in [-0.3, -0.25) is 4.79 Å². The number of nitrogens with one attached hydrogen (secondary N) is 1. The van der Waals surface area contributed by atoms with Crippen LogP contribution in [0.15, 0.2) is 12.2 Å². The Morgan fingerprint density at radius 3 is 1.88 bits per heavy atom. The predicted molar refractivity (Wildman–Crippen MR) is 108 cm³/mol. The van der Waals surface area contributed by atoms with Crippen molar-refractivity contribution in [3.05, 3.63) is 12.2 Å². The molecule has 0 aromatic heterocycles. The maximum Gasteiger partial charge on any atom is 0.327 e. The SMILES string of the molecule is CCCCCCCC/C=C\CCCCCCCC(=O)N[C@@H](CN)C(=O)O. The molecular formula is C21H40N2O3. The number of hydrogen-bond donors (Lipinski definition) is 3. The van der Waals surface area contributed by atoms with Gasteiger partial charge in [-0.2, -0.15) is 0 Å². The third-order valence-corrected chi connectivity index (χ3v) is 4.53. The average molecular weight is 369 g/mol. The summed E-state index contributed by atoms with van der Waals surface area (Å²) < 4.78 is 0.